The van der Waals surface area contributed by atoms with Crippen LogP contribution >= 0.6 is 11.3 Å². The molecule has 0 radical (unpaired) electrons. The van der Waals surface area contributed by atoms with E-state index < -0.39 is 0 Å². The highest BCUT2D eigenvalue weighted by Gasteiger charge is 2.44. The van der Waals surface area contributed by atoms with Crippen molar-refractivity contribution in [2.24, 2.45) is 0 Å². The molecule has 1 atom stereocenters. The van der Waals surface area contributed by atoms with E-state index in [0.29, 0.717) is 6.42 Å². The minimum atomic E-state index is 0.0202. The van der Waals surface area contributed by atoms with Crippen molar-refractivity contribution in [2.45, 2.75) is 37.5 Å². The van der Waals surface area contributed by atoms with Crippen LogP contribution in [0.1, 0.15) is 35.4 Å². The van der Waals surface area contributed by atoms with Gasteiger partial charge in [-0.1, -0.05) is 6.07 Å². The molecular formula is C19H24N4OS. The second-order valence-electron chi connectivity index (χ2n) is 7.39. The van der Waals surface area contributed by atoms with E-state index >= 15 is 0 Å². The molecule has 1 saturated heterocycles. The highest BCUT2D eigenvalue weighted by Crippen LogP contribution is 2.44. The molecule has 4 rings (SSSR count). The van der Waals surface area contributed by atoms with E-state index in [1.54, 1.807) is 11.3 Å². The Morgan fingerprint density at radius 1 is 1.40 bits per heavy atom. The fourth-order valence-electron chi connectivity index (χ4n) is 4.16. The van der Waals surface area contributed by atoms with Crippen molar-refractivity contribution in [2.75, 3.05) is 32.1 Å². The maximum absolute atomic E-state index is 12.8. The first-order valence-electron chi connectivity index (χ1n) is 8.91. The number of amides is 1. The third-order valence-corrected chi connectivity index (χ3v) is 6.34. The first kappa shape index (κ1) is 16.5. The normalized spacial score (nSPS) is 22.2. The molecule has 0 bridgehead atoms. The average molecular weight is 356 g/mol. The number of thiophene rings is 1. The summed E-state index contributed by atoms with van der Waals surface area (Å²) in [6, 6.07) is 4.06. The van der Waals surface area contributed by atoms with Gasteiger partial charge in [-0.3, -0.25) is 4.79 Å². The number of fused-ring (bicyclic) bond motifs is 2. The minimum Gasteiger partial charge on any atom is -0.347 e. The van der Waals surface area contributed by atoms with Crippen molar-refractivity contribution >= 4 is 23.2 Å². The fraction of sp³-hybridized carbons (Fsp3) is 0.526. The lowest BCUT2D eigenvalue weighted by molar-refractivity contribution is -0.132. The molecule has 3 heterocycles. The van der Waals surface area contributed by atoms with Crippen LogP contribution in [-0.2, 0) is 23.1 Å². The van der Waals surface area contributed by atoms with Gasteiger partial charge in [0.15, 0.2) is 0 Å². The lowest BCUT2D eigenvalue weighted by Gasteiger charge is -2.40. The number of piperidine rings is 1. The van der Waals surface area contributed by atoms with E-state index in [1.165, 1.54) is 11.3 Å². The van der Waals surface area contributed by atoms with Gasteiger partial charge in [-0.2, -0.15) is 0 Å². The fourth-order valence-corrected chi connectivity index (χ4v) is 4.86. The summed E-state index contributed by atoms with van der Waals surface area (Å²) in [4.78, 5) is 27.3. The van der Waals surface area contributed by atoms with Crippen LogP contribution in [0.15, 0.2) is 23.7 Å². The summed E-state index contributed by atoms with van der Waals surface area (Å²) in [6.45, 7) is 1.67. The number of aryl methyl sites for hydroxylation is 1. The third kappa shape index (κ3) is 3.03. The van der Waals surface area contributed by atoms with Crippen LogP contribution in [0.3, 0.4) is 0 Å². The zero-order valence-electron chi connectivity index (χ0n) is 14.9. The van der Waals surface area contributed by atoms with Crippen molar-refractivity contribution < 1.29 is 4.79 Å². The van der Waals surface area contributed by atoms with E-state index in [4.69, 9.17) is 4.98 Å². The maximum atomic E-state index is 12.8. The molecule has 2 aromatic rings. The smallest absolute Gasteiger partial charge is 0.227 e. The van der Waals surface area contributed by atoms with Crippen LogP contribution in [0, 0.1) is 0 Å². The van der Waals surface area contributed by atoms with Gasteiger partial charge in [-0.15, -0.1) is 11.3 Å². The molecule has 2 aliphatic rings. The molecule has 1 spiro atoms. The van der Waals surface area contributed by atoms with Gasteiger partial charge in [0.05, 0.1) is 12.1 Å². The molecule has 5 nitrogen and oxygen atoms in total. The van der Waals surface area contributed by atoms with Crippen molar-refractivity contribution in [1.82, 2.24) is 14.9 Å². The minimum absolute atomic E-state index is 0.0202. The monoisotopic (exact) mass is 356 g/mol. The number of rotatable bonds is 3. The topological polar surface area (TPSA) is 49.3 Å². The Morgan fingerprint density at radius 2 is 2.28 bits per heavy atom. The highest BCUT2D eigenvalue weighted by atomic mass is 32.1. The average Bonchev–Trinajstić information content (AvgIpc) is 3.24. The molecule has 0 aromatic carbocycles. The molecule has 1 unspecified atom stereocenters. The summed E-state index contributed by atoms with van der Waals surface area (Å²) in [6.07, 6.45) is 6.78. The highest BCUT2D eigenvalue weighted by molar-refractivity contribution is 7.10. The Kier molecular flexibility index (Phi) is 4.23. The van der Waals surface area contributed by atoms with Crippen molar-refractivity contribution in [3.05, 3.63) is 39.8 Å². The number of likely N-dealkylation sites (tertiary alicyclic amines) is 1. The largest absolute Gasteiger partial charge is 0.347 e. The van der Waals surface area contributed by atoms with Crippen LogP contribution in [0.5, 0.6) is 0 Å². The van der Waals surface area contributed by atoms with Gasteiger partial charge >= 0.3 is 0 Å². The predicted molar refractivity (Wildman–Crippen MR) is 100 cm³/mol. The number of hydrogen-bond donors (Lipinski definition) is 0. The van der Waals surface area contributed by atoms with Crippen molar-refractivity contribution in [1.29, 1.82) is 0 Å². The molecule has 6 heteroatoms. The molecule has 1 aliphatic carbocycles. The third-order valence-electron chi connectivity index (χ3n) is 5.46. The summed E-state index contributed by atoms with van der Waals surface area (Å²) in [5.74, 6) is 1.01. The molecule has 0 saturated carbocycles. The summed E-state index contributed by atoms with van der Waals surface area (Å²) < 4.78 is 0. The van der Waals surface area contributed by atoms with E-state index in [9.17, 15) is 4.79 Å². The molecule has 2 aromatic heterocycles. The SMILES string of the molecule is CN(C)c1ncc2c(n1)C1(CCCN(C(=O)Cc3cccs3)C1)CC2. The number of carbonyl (C=O) groups excluding carboxylic acids is 1. The van der Waals surface area contributed by atoms with E-state index in [-0.39, 0.29) is 11.3 Å². The Balaban J connectivity index is 1.57. The summed E-state index contributed by atoms with van der Waals surface area (Å²) in [5.41, 5.74) is 2.46. The second-order valence-corrected chi connectivity index (χ2v) is 8.43. The number of nitrogens with zero attached hydrogens (tertiary/aromatic N) is 4. The molecule has 0 N–H and O–H groups in total. The zero-order chi connectivity index (χ0) is 17.4. The van der Waals surface area contributed by atoms with Gasteiger partial charge in [0.2, 0.25) is 11.9 Å². The van der Waals surface area contributed by atoms with Gasteiger partial charge in [0.1, 0.15) is 0 Å². The van der Waals surface area contributed by atoms with Gasteiger partial charge in [0, 0.05) is 43.7 Å². The standard InChI is InChI=1S/C19H24N4OS/c1-22(2)18-20-12-14-6-8-19(17(14)21-18)7-4-9-23(13-19)16(24)11-15-5-3-10-25-15/h3,5,10,12H,4,6-9,11,13H2,1-2H3. The molecule has 1 fully saturated rings. The predicted octanol–water partition coefficient (Wildman–Crippen LogP) is 2.65. The van der Waals surface area contributed by atoms with Gasteiger partial charge in [-0.05, 0) is 42.7 Å². The Hall–Kier alpha value is -1.95. The zero-order valence-corrected chi connectivity index (χ0v) is 15.7. The molecule has 132 valence electrons. The van der Waals surface area contributed by atoms with Crippen LogP contribution < -0.4 is 4.90 Å². The van der Waals surface area contributed by atoms with Crippen LogP contribution in [-0.4, -0.2) is 48.0 Å². The van der Waals surface area contributed by atoms with Gasteiger partial charge in [0.25, 0.3) is 0 Å². The first-order valence-corrected chi connectivity index (χ1v) is 9.79. The van der Waals surface area contributed by atoms with Gasteiger partial charge < -0.3 is 9.80 Å². The van der Waals surface area contributed by atoms with Crippen LogP contribution in [0.25, 0.3) is 0 Å². The van der Waals surface area contributed by atoms with Crippen LogP contribution in [0.4, 0.5) is 5.95 Å². The van der Waals surface area contributed by atoms with Crippen LogP contribution in [0.2, 0.25) is 0 Å². The van der Waals surface area contributed by atoms with Crippen molar-refractivity contribution in [3.63, 3.8) is 0 Å². The number of anilines is 1. The summed E-state index contributed by atoms with van der Waals surface area (Å²) in [7, 11) is 3.95. The summed E-state index contributed by atoms with van der Waals surface area (Å²) >= 11 is 1.66. The molecule has 1 amide bonds. The van der Waals surface area contributed by atoms with E-state index in [0.717, 1.165) is 49.6 Å². The van der Waals surface area contributed by atoms with E-state index in [1.807, 2.05) is 42.7 Å². The lowest BCUT2D eigenvalue weighted by atomic mass is 9.77. The second kappa shape index (κ2) is 6.41. The quantitative estimate of drug-likeness (QED) is 0.848. The number of aromatic nitrogens is 2. The molecule has 25 heavy (non-hydrogen) atoms. The number of hydrogen-bond acceptors (Lipinski definition) is 5. The van der Waals surface area contributed by atoms with E-state index in [2.05, 4.69) is 9.88 Å². The first-order chi connectivity index (χ1) is 12.1. The Labute approximate surface area is 152 Å². The molecular weight excluding hydrogens is 332 g/mol. The number of carbonyl (C=O) groups is 1. The Morgan fingerprint density at radius 3 is 3.04 bits per heavy atom. The lowest BCUT2D eigenvalue weighted by Crippen LogP contribution is -2.48. The molecule has 1 aliphatic heterocycles. The Bertz CT molecular complexity index is 770. The maximum Gasteiger partial charge on any atom is 0.227 e. The summed E-state index contributed by atoms with van der Waals surface area (Å²) in [5, 5.41) is 2.03. The van der Waals surface area contributed by atoms with Gasteiger partial charge in [-0.25, -0.2) is 9.97 Å². The van der Waals surface area contributed by atoms with Crippen molar-refractivity contribution in [3.8, 4) is 0 Å².